The number of urea groups is 1. The van der Waals surface area contributed by atoms with Crippen molar-refractivity contribution in [3.63, 3.8) is 0 Å². The van der Waals surface area contributed by atoms with Gasteiger partial charge in [0.1, 0.15) is 18.8 Å². The van der Waals surface area contributed by atoms with Crippen molar-refractivity contribution in [3.05, 3.63) is 54.1 Å². The maximum Gasteiger partial charge on any atom is 0.329 e. The number of rotatable bonds is 7. The van der Waals surface area contributed by atoms with Crippen LogP contribution in [0.5, 0.6) is 11.5 Å². The number of benzene rings is 2. The molecule has 2 atom stereocenters. The topological polar surface area (TPSA) is 97.0 Å². The average molecular weight is 437 g/mol. The number of imide groups is 1. The Morgan fingerprint density at radius 2 is 1.84 bits per heavy atom. The Morgan fingerprint density at radius 1 is 1.12 bits per heavy atom. The number of carbonyl (C=O) groups excluding carboxylic acids is 3. The van der Waals surface area contributed by atoms with Gasteiger partial charge in [-0.3, -0.25) is 9.59 Å². The molecule has 0 aromatic heterocycles. The molecule has 4 rings (SSSR count). The Hall–Kier alpha value is -3.55. The fraction of sp³-hybridized carbons (Fsp3) is 0.375. The number of hydrogen-bond donors (Lipinski definition) is 2. The summed E-state index contributed by atoms with van der Waals surface area (Å²) in [4.78, 5) is 38.5. The summed E-state index contributed by atoms with van der Waals surface area (Å²) < 4.78 is 11.5. The van der Waals surface area contributed by atoms with E-state index in [0.29, 0.717) is 36.3 Å². The highest BCUT2D eigenvalue weighted by molar-refractivity contribution is 6.21. The minimum atomic E-state index is -0.723. The van der Waals surface area contributed by atoms with Crippen LogP contribution in [-0.2, 0) is 9.59 Å². The SMILES string of the molecule is CC(C)c1ccc(N2C(=O)N[C@@H](CCC(=O)NC[C@@H]3COc4ccccc4O3)C2=O)cc1. The number of amides is 4. The Morgan fingerprint density at radius 3 is 2.56 bits per heavy atom. The van der Waals surface area contributed by atoms with E-state index in [1.54, 1.807) is 12.1 Å². The zero-order valence-corrected chi connectivity index (χ0v) is 18.2. The second-order valence-electron chi connectivity index (χ2n) is 8.26. The van der Waals surface area contributed by atoms with Crippen LogP contribution < -0.4 is 25.0 Å². The molecule has 0 saturated carbocycles. The molecule has 8 heteroatoms. The highest BCUT2D eigenvalue weighted by Gasteiger charge is 2.39. The maximum absolute atomic E-state index is 12.7. The van der Waals surface area contributed by atoms with Gasteiger partial charge in [-0.05, 0) is 42.2 Å². The van der Waals surface area contributed by atoms with Crippen LogP contribution in [0.3, 0.4) is 0 Å². The lowest BCUT2D eigenvalue weighted by Gasteiger charge is -2.26. The van der Waals surface area contributed by atoms with E-state index in [4.69, 9.17) is 9.47 Å². The summed E-state index contributed by atoms with van der Waals surface area (Å²) in [7, 11) is 0. The summed E-state index contributed by atoms with van der Waals surface area (Å²) in [5, 5.41) is 5.49. The Kier molecular flexibility index (Phi) is 6.30. The molecule has 0 radical (unpaired) electrons. The number of anilines is 1. The Labute approximate surface area is 186 Å². The number of fused-ring (bicyclic) bond motifs is 1. The molecule has 2 aromatic rings. The van der Waals surface area contributed by atoms with Gasteiger partial charge in [-0.15, -0.1) is 0 Å². The van der Waals surface area contributed by atoms with E-state index >= 15 is 0 Å². The van der Waals surface area contributed by atoms with Gasteiger partial charge in [-0.2, -0.15) is 0 Å². The van der Waals surface area contributed by atoms with Gasteiger partial charge < -0.3 is 20.1 Å². The molecule has 0 bridgehead atoms. The molecule has 32 heavy (non-hydrogen) atoms. The first-order valence-corrected chi connectivity index (χ1v) is 10.8. The zero-order valence-electron chi connectivity index (χ0n) is 18.2. The van der Waals surface area contributed by atoms with E-state index in [-0.39, 0.29) is 30.8 Å². The second kappa shape index (κ2) is 9.30. The monoisotopic (exact) mass is 437 g/mol. The number of ether oxygens (including phenoxy) is 2. The van der Waals surface area contributed by atoms with Crippen LogP contribution in [0.15, 0.2) is 48.5 Å². The van der Waals surface area contributed by atoms with Crippen molar-refractivity contribution in [2.75, 3.05) is 18.1 Å². The summed E-state index contributed by atoms with van der Waals surface area (Å²) in [5.41, 5.74) is 1.66. The fourth-order valence-electron chi connectivity index (χ4n) is 3.73. The number of nitrogens with zero attached hydrogens (tertiary/aromatic N) is 1. The average Bonchev–Trinajstić information content (AvgIpc) is 3.09. The fourth-order valence-corrected chi connectivity index (χ4v) is 3.73. The normalized spacial score (nSPS) is 19.8. The van der Waals surface area contributed by atoms with Crippen molar-refractivity contribution in [3.8, 4) is 11.5 Å². The van der Waals surface area contributed by atoms with Gasteiger partial charge in [0.15, 0.2) is 11.5 Å². The first-order valence-electron chi connectivity index (χ1n) is 10.8. The van der Waals surface area contributed by atoms with Gasteiger partial charge in [0.05, 0.1) is 12.2 Å². The Bertz CT molecular complexity index is 1000. The second-order valence-corrected chi connectivity index (χ2v) is 8.26. The molecule has 4 amide bonds. The molecular formula is C24H27N3O5. The highest BCUT2D eigenvalue weighted by atomic mass is 16.6. The molecule has 0 aliphatic carbocycles. The minimum Gasteiger partial charge on any atom is -0.486 e. The zero-order chi connectivity index (χ0) is 22.7. The third-order valence-corrected chi connectivity index (χ3v) is 5.59. The molecule has 1 saturated heterocycles. The number of para-hydroxylation sites is 2. The number of hydrogen-bond acceptors (Lipinski definition) is 5. The molecule has 2 aliphatic heterocycles. The summed E-state index contributed by atoms with van der Waals surface area (Å²) >= 11 is 0. The van der Waals surface area contributed by atoms with Gasteiger partial charge in [0.25, 0.3) is 5.91 Å². The van der Waals surface area contributed by atoms with Crippen molar-refractivity contribution in [1.82, 2.24) is 10.6 Å². The molecular weight excluding hydrogens is 410 g/mol. The van der Waals surface area contributed by atoms with E-state index in [1.165, 1.54) is 0 Å². The smallest absolute Gasteiger partial charge is 0.329 e. The van der Waals surface area contributed by atoms with Crippen molar-refractivity contribution in [2.45, 2.75) is 44.8 Å². The molecule has 2 N–H and O–H groups in total. The van der Waals surface area contributed by atoms with Gasteiger partial charge >= 0.3 is 6.03 Å². The lowest BCUT2D eigenvalue weighted by molar-refractivity contribution is -0.122. The first-order chi connectivity index (χ1) is 15.4. The molecule has 8 nitrogen and oxygen atoms in total. The molecule has 2 aliphatic rings. The first kappa shape index (κ1) is 21.7. The Balaban J connectivity index is 1.25. The number of nitrogens with one attached hydrogen (secondary N) is 2. The summed E-state index contributed by atoms with van der Waals surface area (Å²) in [6.45, 7) is 4.80. The predicted molar refractivity (Wildman–Crippen MR) is 119 cm³/mol. The highest BCUT2D eigenvalue weighted by Crippen LogP contribution is 2.30. The van der Waals surface area contributed by atoms with Crippen LogP contribution >= 0.6 is 0 Å². The van der Waals surface area contributed by atoms with Crippen molar-refractivity contribution >= 4 is 23.5 Å². The van der Waals surface area contributed by atoms with Gasteiger partial charge in [-0.1, -0.05) is 38.1 Å². The minimum absolute atomic E-state index is 0.112. The van der Waals surface area contributed by atoms with Crippen LogP contribution in [0.1, 0.15) is 38.2 Å². The lowest BCUT2D eigenvalue weighted by Crippen LogP contribution is -2.41. The molecule has 2 heterocycles. The quantitative estimate of drug-likeness (QED) is 0.649. The van der Waals surface area contributed by atoms with Gasteiger partial charge in [0, 0.05) is 6.42 Å². The van der Waals surface area contributed by atoms with E-state index in [0.717, 1.165) is 10.5 Å². The van der Waals surface area contributed by atoms with Crippen LogP contribution in [0.4, 0.5) is 10.5 Å². The number of carbonyl (C=O) groups is 3. The van der Waals surface area contributed by atoms with Crippen LogP contribution in [0.25, 0.3) is 0 Å². The standard InChI is InChI=1S/C24H27N3O5/c1-15(2)16-7-9-17(10-8-16)27-23(29)19(26-24(27)30)11-12-22(28)25-13-18-14-31-20-5-3-4-6-21(20)32-18/h3-10,15,18-19H,11-14H2,1-2H3,(H,25,28)(H,26,30)/t18-,19+/m1/s1. The van der Waals surface area contributed by atoms with Crippen molar-refractivity contribution < 1.29 is 23.9 Å². The third kappa shape index (κ3) is 4.69. The largest absolute Gasteiger partial charge is 0.486 e. The van der Waals surface area contributed by atoms with E-state index in [1.807, 2.05) is 36.4 Å². The lowest BCUT2D eigenvalue weighted by atomic mass is 10.0. The van der Waals surface area contributed by atoms with Crippen LogP contribution in [0.2, 0.25) is 0 Å². The maximum atomic E-state index is 12.7. The van der Waals surface area contributed by atoms with Crippen molar-refractivity contribution in [1.29, 1.82) is 0 Å². The van der Waals surface area contributed by atoms with Gasteiger partial charge in [-0.25, -0.2) is 9.69 Å². The summed E-state index contributed by atoms with van der Waals surface area (Å²) in [6, 6.07) is 13.6. The van der Waals surface area contributed by atoms with E-state index in [9.17, 15) is 14.4 Å². The summed E-state index contributed by atoms with van der Waals surface area (Å²) in [6.07, 6.45) is 0.0500. The van der Waals surface area contributed by atoms with E-state index in [2.05, 4.69) is 24.5 Å². The van der Waals surface area contributed by atoms with Crippen LogP contribution in [-0.4, -0.2) is 43.1 Å². The van der Waals surface area contributed by atoms with Crippen molar-refractivity contribution in [2.24, 2.45) is 0 Å². The molecule has 168 valence electrons. The third-order valence-electron chi connectivity index (χ3n) is 5.59. The molecule has 1 fully saturated rings. The predicted octanol–water partition coefficient (Wildman–Crippen LogP) is 2.97. The summed E-state index contributed by atoms with van der Waals surface area (Å²) in [5.74, 6) is 1.14. The molecule has 0 spiro atoms. The molecule has 0 unspecified atom stereocenters. The molecule has 2 aromatic carbocycles. The van der Waals surface area contributed by atoms with E-state index < -0.39 is 12.1 Å². The van der Waals surface area contributed by atoms with Gasteiger partial charge in [0.2, 0.25) is 5.91 Å². The van der Waals surface area contributed by atoms with Crippen LogP contribution in [0, 0.1) is 0 Å².